The summed E-state index contributed by atoms with van der Waals surface area (Å²) in [6.45, 7) is 1.01. The molecule has 5 heteroatoms. The first-order chi connectivity index (χ1) is 9.36. The number of fused-ring (bicyclic) bond motifs is 1. The van der Waals surface area contributed by atoms with Gasteiger partial charge in [0, 0.05) is 12.0 Å². The molecule has 0 saturated carbocycles. The van der Waals surface area contributed by atoms with Crippen molar-refractivity contribution in [3.05, 3.63) is 36.5 Å². The lowest BCUT2D eigenvalue weighted by Crippen LogP contribution is -2.08. The largest absolute Gasteiger partial charge is 0.345 e. The number of imidazole rings is 2. The van der Waals surface area contributed by atoms with Crippen molar-refractivity contribution in [1.82, 2.24) is 25.3 Å². The quantitative estimate of drug-likeness (QED) is 0.611. The zero-order valence-electron chi connectivity index (χ0n) is 10.9. The number of benzene rings is 1. The average Bonchev–Trinajstić information content (AvgIpc) is 3.06. The molecule has 1 aromatic carbocycles. The SMILES string of the molecule is CNCCCc1ncc(-c2ccc3nc[nH]c3c2)[nH]1. The highest BCUT2D eigenvalue weighted by Gasteiger charge is 2.05. The van der Waals surface area contributed by atoms with Crippen molar-refractivity contribution >= 4 is 11.0 Å². The number of nitrogens with one attached hydrogen (secondary N) is 3. The van der Waals surface area contributed by atoms with E-state index in [1.807, 2.05) is 19.3 Å². The maximum atomic E-state index is 4.42. The van der Waals surface area contributed by atoms with E-state index in [2.05, 4.69) is 37.4 Å². The van der Waals surface area contributed by atoms with Gasteiger partial charge in [0.1, 0.15) is 5.82 Å². The molecule has 0 aliphatic rings. The molecule has 3 aromatic rings. The standard InChI is InChI=1S/C14H17N5/c1-15-6-2-3-14-16-8-13(19-14)10-4-5-11-12(7-10)18-9-17-11/h4-5,7-9,15H,2-3,6H2,1H3,(H,16,19)(H,17,18). The second kappa shape index (κ2) is 5.24. The molecule has 2 heterocycles. The molecule has 0 unspecified atom stereocenters. The van der Waals surface area contributed by atoms with Gasteiger partial charge in [-0.3, -0.25) is 0 Å². The molecular formula is C14H17N5. The minimum absolute atomic E-state index is 0.965. The average molecular weight is 255 g/mol. The fourth-order valence-electron chi connectivity index (χ4n) is 2.17. The van der Waals surface area contributed by atoms with E-state index in [1.54, 1.807) is 6.33 Å². The van der Waals surface area contributed by atoms with Crippen LogP contribution in [-0.4, -0.2) is 33.5 Å². The summed E-state index contributed by atoms with van der Waals surface area (Å²) < 4.78 is 0. The lowest BCUT2D eigenvalue weighted by molar-refractivity contribution is 0.707. The zero-order chi connectivity index (χ0) is 13.1. The predicted octanol–water partition coefficient (Wildman–Crippen LogP) is 2.10. The molecule has 0 bridgehead atoms. The Kier molecular flexibility index (Phi) is 3.29. The van der Waals surface area contributed by atoms with Crippen LogP contribution in [0.3, 0.4) is 0 Å². The lowest BCUT2D eigenvalue weighted by Gasteiger charge is -1.98. The van der Waals surface area contributed by atoms with Gasteiger partial charge in [0.25, 0.3) is 0 Å². The van der Waals surface area contributed by atoms with E-state index in [1.165, 1.54) is 0 Å². The summed E-state index contributed by atoms with van der Waals surface area (Å²) in [4.78, 5) is 15.1. The zero-order valence-corrected chi connectivity index (χ0v) is 10.9. The second-order valence-corrected chi connectivity index (χ2v) is 4.59. The number of hydrogen-bond donors (Lipinski definition) is 3. The Morgan fingerprint density at radius 2 is 2.21 bits per heavy atom. The highest BCUT2D eigenvalue weighted by Crippen LogP contribution is 2.21. The van der Waals surface area contributed by atoms with Crippen LogP contribution in [0.2, 0.25) is 0 Å². The molecular weight excluding hydrogens is 238 g/mol. The highest BCUT2D eigenvalue weighted by atomic mass is 14.9. The molecule has 3 rings (SSSR count). The number of rotatable bonds is 5. The van der Waals surface area contributed by atoms with Gasteiger partial charge < -0.3 is 15.3 Å². The van der Waals surface area contributed by atoms with Gasteiger partial charge in [0.2, 0.25) is 0 Å². The molecule has 0 fully saturated rings. The minimum Gasteiger partial charge on any atom is -0.345 e. The van der Waals surface area contributed by atoms with Gasteiger partial charge in [-0.25, -0.2) is 9.97 Å². The van der Waals surface area contributed by atoms with E-state index in [4.69, 9.17) is 0 Å². The molecule has 0 amide bonds. The molecule has 0 aliphatic heterocycles. The number of nitrogens with zero attached hydrogens (tertiary/aromatic N) is 2. The van der Waals surface area contributed by atoms with Crippen molar-refractivity contribution in [3.63, 3.8) is 0 Å². The summed E-state index contributed by atoms with van der Waals surface area (Å²) in [6, 6.07) is 6.17. The van der Waals surface area contributed by atoms with Crippen LogP contribution in [0.5, 0.6) is 0 Å². The van der Waals surface area contributed by atoms with E-state index < -0.39 is 0 Å². The summed E-state index contributed by atoms with van der Waals surface area (Å²) in [7, 11) is 1.97. The minimum atomic E-state index is 0.965. The molecule has 98 valence electrons. The Morgan fingerprint density at radius 1 is 1.26 bits per heavy atom. The van der Waals surface area contributed by atoms with Crippen LogP contribution in [-0.2, 0) is 6.42 Å². The third-order valence-corrected chi connectivity index (χ3v) is 3.20. The van der Waals surface area contributed by atoms with Crippen molar-refractivity contribution in [1.29, 1.82) is 0 Å². The fraction of sp³-hybridized carbons (Fsp3) is 0.286. The Hall–Kier alpha value is -2.14. The van der Waals surface area contributed by atoms with Gasteiger partial charge in [-0.15, -0.1) is 0 Å². The van der Waals surface area contributed by atoms with Crippen molar-refractivity contribution in [2.45, 2.75) is 12.8 Å². The number of aromatic nitrogens is 4. The first-order valence-electron chi connectivity index (χ1n) is 6.49. The number of aromatic amines is 2. The topological polar surface area (TPSA) is 69.4 Å². The van der Waals surface area contributed by atoms with Crippen LogP contribution in [0.1, 0.15) is 12.2 Å². The van der Waals surface area contributed by atoms with Crippen molar-refractivity contribution in [3.8, 4) is 11.3 Å². The highest BCUT2D eigenvalue weighted by molar-refractivity contribution is 5.80. The number of H-pyrrole nitrogens is 2. The first-order valence-corrected chi connectivity index (χ1v) is 6.49. The molecule has 0 saturated heterocycles. The molecule has 2 aromatic heterocycles. The van der Waals surface area contributed by atoms with E-state index in [9.17, 15) is 0 Å². The summed E-state index contributed by atoms with van der Waals surface area (Å²) >= 11 is 0. The Balaban J connectivity index is 1.81. The molecule has 0 atom stereocenters. The lowest BCUT2D eigenvalue weighted by atomic mass is 10.1. The Labute approximate surface area is 111 Å². The molecule has 19 heavy (non-hydrogen) atoms. The van der Waals surface area contributed by atoms with E-state index in [0.717, 1.165) is 47.5 Å². The Bertz CT molecular complexity index is 667. The molecule has 0 aliphatic carbocycles. The van der Waals surface area contributed by atoms with Crippen LogP contribution in [0.15, 0.2) is 30.7 Å². The fourth-order valence-corrected chi connectivity index (χ4v) is 2.17. The van der Waals surface area contributed by atoms with Crippen molar-refractivity contribution in [2.75, 3.05) is 13.6 Å². The van der Waals surface area contributed by atoms with Crippen LogP contribution in [0.25, 0.3) is 22.3 Å². The predicted molar refractivity (Wildman–Crippen MR) is 75.9 cm³/mol. The molecule has 0 radical (unpaired) electrons. The third-order valence-electron chi connectivity index (χ3n) is 3.20. The van der Waals surface area contributed by atoms with Gasteiger partial charge in [-0.2, -0.15) is 0 Å². The van der Waals surface area contributed by atoms with Crippen molar-refractivity contribution in [2.24, 2.45) is 0 Å². The van der Waals surface area contributed by atoms with Crippen LogP contribution in [0.4, 0.5) is 0 Å². The maximum absolute atomic E-state index is 4.42. The van der Waals surface area contributed by atoms with Gasteiger partial charge in [0.15, 0.2) is 0 Å². The monoisotopic (exact) mass is 255 g/mol. The maximum Gasteiger partial charge on any atom is 0.106 e. The Morgan fingerprint density at radius 3 is 3.11 bits per heavy atom. The number of hydrogen-bond acceptors (Lipinski definition) is 3. The van der Waals surface area contributed by atoms with E-state index in [0.29, 0.717) is 0 Å². The third kappa shape index (κ3) is 2.51. The summed E-state index contributed by atoms with van der Waals surface area (Å²) in [5, 5.41) is 3.14. The van der Waals surface area contributed by atoms with Crippen LogP contribution < -0.4 is 5.32 Å². The summed E-state index contributed by atoms with van der Waals surface area (Å²) in [5.41, 5.74) is 4.21. The summed E-state index contributed by atoms with van der Waals surface area (Å²) in [5.74, 6) is 1.04. The molecule has 3 N–H and O–H groups in total. The van der Waals surface area contributed by atoms with Gasteiger partial charge >= 0.3 is 0 Å². The van der Waals surface area contributed by atoms with Gasteiger partial charge in [0.05, 0.1) is 29.3 Å². The van der Waals surface area contributed by atoms with Crippen LogP contribution in [0, 0.1) is 0 Å². The molecule has 0 spiro atoms. The first kappa shape index (κ1) is 11.9. The van der Waals surface area contributed by atoms with E-state index in [-0.39, 0.29) is 0 Å². The second-order valence-electron chi connectivity index (χ2n) is 4.59. The number of aryl methyl sites for hydroxylation is 1. The smallest absolute Gasteiger partial charge is 0.106 e. The van der Waals surface area contributed by atoms with Gasteiger partial charge in [-0.05, 0) is 32.1 Å². The van der Waals surface area contributed by atoms with Crippen molar-refractivity contribution < 1.29 is 0 Å². The normalized spacial score (nSPS) is 11.2. The molecule has 5 nitrogen and oxygen atoms in total. The van der Waals surface area contributed by atoms with Crippen LogP contribution >= 0.6 is 0 Å². The summed E-state index contributed by atoms with van der Waals surface area (Å²) in [6.07, 6.45) is 5.66. The van der Waals surface area contributed by atoms with E-state index >= 15 is 0 Å². The van der Waals surface area contributed by atoms with Gasteiger partial charge in [-0.1, -0.05) is 6.07 Å².